The minimum Gasteiger partial charge on any atom is -0.477 e. The highest BCUT2D eigenvalue weighted by Crippen LogP contribution is 2.29. The van der Waals surface area contributed by atoms with E-state index in [9.17, 15) is 9.90 Å². The van der Waals surface area contributed by atoms with Crippen molar-refractivity contribution in [2.75, 3.05) is 0 Å². The average Bonchev–Trinajstić information content (AvgIpc) is 2.61. The lowest BCUT2D eigenvalue weighted by molar-refractivity contribution is -0.679. The normalized spacial score (nSPS) is 11.5. The van der Waals surface area contributed by atoms with Crippen LogP contribution in [0.15, 0.2) is 53.5 Å². The molecular weight excluding hydrogens is 326 g/mol. The molecule has 0 saturated carbocycles. The lowest BCUT2D eigenvalue weighted by Gasteiger charge is -2.19. The van der Waals surface area contributed by atoms with Gasteiger partial charge >= 0.3 is 5.56 Å². The van der Waals surface area contributed by atoms with Crippen molar-refractivity contribution in [1.29, 1.82) is 5.26 Å². The molecule has 1 aromatic carbocycles. The zero-order valence-electron chi connectivity index (χ0n) is 15.2. The molecule has 0 aliphatic carbocycles. The summed E-state index contributed by atoms with van der Waals surface area (Å²) in [5.74, 6) is -0.109. The summed E-state index contributed by atoms with van der Waals surface area (Å²) in [6, 6.07) is 15.1. The molecule has 5 heteroatoms. The van der Waals surface area contributed by atoms with Crippen LogP contribution in [0.2, 0.25) is 0 Å². The van der Waals surface area contributed by atoms with Gasteiger partial charge < -0.3 is 5.11 Å². The maximum atomic E-state index is 13.1. The molecule has 0 unspecified atom stereocenters. The molecule has 2 heterocycles. The van der Waals surface area contributed by atoms with Gasteiger partial charge in [0.05, 0.1) is 18.7 Å². The van der Waals surface area contributed by atoms with Gasteiger partial charge in [-0.2, -0.15) is 14.2 Å². The van der Waals surface area contributed by atoms with Gasteiger partial charge in [-0.05, 0) is 22.6 Å². The Labute approximate surface area is 152 Å². The zero-order chi connectivity index (χ0) is 18.9. The van der Waals surface area contributed by atoms with E-state index >= 15 is 0 Å². The number of fused-ring (bicyclic) bond motifs is 1. The van der Waals surface area contributed by atoms with Crippen molar-refractivity contribution < 1.29 is 9.67 Å². The second kappa shape index (κ2) is 6.64. The predicted molar refractivity (Wildman–Crippen MR) is 99.9 cm³/mol. The molecule has 0 aliphatic rings. The number of aromatic hydroxyl groups is 1. The fourth-order valence-corrected chi connectivity index (χ4v) is 3.06. The lowest BCUT2D eigenvalue weighted by Crippen LogP contribution is -2.40. The summed E-state index contributed by atoms with van der Waals surface area (Å²) in [5, 5.41) is 19.8. The number of aryl methyl sites for hydroxylation is 1. The summed E-state index contributed by atoms with van der Waals surface area (Å²) in [4.78, 5) is 13.1. The summed E-state index contributed by atoms with van der Waals surface area (Å²) >= 11 is 0. The van der Waals surface area contributed by atoms with E-state index in [1.165, 1.54) is 4.40 Å². The molecule has 5 nitrogen and oxygen atoms in total. The van der Waals surface area contributed by atoms with Crippen molar-refractivity contribution in [3.8, 4) is 23.1 Å². The minimum absolute atomic E-state index is 0.0740. The summed E-state index contributed by atoms with van der Waals surface area (Å²) in [5.41, 5.74) is 2.20. The quantitative estimate of drug-likeness (QED) is 0.739. The number of hydrogen-bond donors (Lipinski definition) is 1. The van der Waals surface area contributed by atoms with Crippen LogP contribution < -0.4 is 10.1 Å². The molecule has 0 saturated heterocycles. The number of nitriles is 1. The van der Waals surface area contributed by atoms with Gasteiger partial charge in [-0.1, -0.05) is 51.1 Å². The van der Waals surface area contributed by atoms with Gasteiger partial charge in [-0.15, -0.1) is 0 Å². The van der Waals surface area contributed by atoms with Crippen molar-refractivity contribution in [2.45, 2.75) is 39.2 Å². The van der Waals surface area contributed by atoms with Crippen LogP contribution in [0.25, 0.3) is 16.8 Å². The van der Waals surface area contributed by atoms with Gasteiger partial charge in [-0.25, -0.2) is 4.79 Å². The lowest BCUT2D eigenvalue weighted by atomic mass is 9.85. The van der Waals surface area contributed by atoms with Gasteiger partial charge in [-0.3, -0.25) is 0 Å². The highest BCUT2D eigenvalue weighted by molar-refractivity contribution is 5.68. The maximum absolute atomic E-state index is 13.1. The SMILES string of the molecule is CC(C)(C)c1cccc(-c2c(O)[n+](CCC#N)c3ccccn3c2=O)c1. The molecular formula is C21H22N3O2+. The van der Waals surface area contributed by atoms with E-state index in [1.54, 1.807) is 29.0 Å². The van der Waals surface area contributed by atoms with Gasteiger partial charge in [0.25, 0.3) is 11.5 Å². The number of aromatic nitrogens is 2. The Morgan fingerprint density at radius 3 is 2.65 bits per heavy atom. The Morgan fingerprint density at radius 2 is 1.96 bits per heavy atom. The van der Waals surface area contributed by atoms with E-state index in [2.05, 4.69) is 26.8 Å². The summed E-state index contributed by atoms with van der Waals surface area (Å²) < 4.78 is 3.12. The fraction of sp³-hybridized carbons (Fsp3) is 0.286. The van der Waals surface area contributed by atoms with Gasteiger partial charge in [0.2, 0.25) is 0 Å². The van der Waals surface area contributed by atoms with Crippen LogP contribution in [-0.4, -0.2) is 9.51 Å². The van der Waals surface area contributed by atoms with Crippen LogP contribution in [0.3, 0.4) is 0 Å². The van der Waals surface area contributed by atoms with Gasteiger partial charge in [0.1, 0.15) is 6.54 Å². The predicted octanol–water partition coefficient (Wildman–Crippen LogP) is 3.17. The van der Waals surface area contributed by atoms with Crippen LogP contribution in [-0.2, 0) is 12.0 Å². The first-order valence-corrected chi connectivity index (χ1v) is 8.58. The molecule has 1 N–H and O–H groups in total. The summed E-state index contributed by atoms with van der Waals surface area (Å²) in [6.45, 7) is 6.62. The molecule has 0 amide bonds. The molecule has 3 rings (SSSR count). The van der Waals surface area contributed by atoms with E-state index in [0.717, 1.165) is 5.56 Å². The number of rotatable bonds is 3. The second-order valence-electron chi connectivity index (χ2n) is 7.32. The van der Waals surface area contributed by atoms with E-state index in [-0.39, 0.29) is 28.8 Å². The van der Waals surface area contributed by atoms with Crippen molar-refractivity contribution in [3.05, 3.63) is 64.6 Å². The molecule has 0 fully saturated rings. The molecule has 132 valence electrons. The minimum atomic E-state index is -0.280. The topological polar surface area (TPSA) is 69.4 Å². The average molecular weight is 348 g/mol. The Hall–Kier alpha value is -3.13. The smallest absolute Gasteiger partial charge is 0.354 e. The van der Waals surface area contributed by atoms with E-state index in [0.29, 0.717) is 17.8 Å². The molecule has 0 atom stereocenters. The van der Waals surface area contributed by atoms with Crippen molar-refractivity contribution in [3.63, 3.8) is 0 Å². The Bertz CT molecular complexity index is 1070. The third-order valence-corrected chi connectivity index (χ3v) is 4.49. The van der Waals surface area contributed by atoms with Crippen LogP contribution in [0.5, 0.6) is 5.88 Å². The monoisotopic (exact) mass is 348 g/mol. The van der Waals surface area contributed by atoms with Crippen LogP contribution in [0.4, 0.5) is 0 Å². The van der Waals surface area contributed by atoms with Crippen molar-refractivity contribution >= 4 is 5.65 Å². The van der Waals surface area contributed by atoms with Crippen molar-refractivity contribution in [2.24, 2.45) is 0 Å². The first-order valence-electron chi connectivity index (χ1n) is 8.58. The third kappa shape index (κ3) is 3.06. The zero-order valence-corrected chi connectivity index (χ0v) is 15.2. The number of nitrogens with zero attached hydrogens (tertiary/aromatic N) is 3. The number of pyridine rings is 1. The highest BCUT2D eigenvalue weighted by Gasteiger charge is 2.25. The van der Waals surface area contributed by atoms with Gasteiger partial charge in [0, 0.05) is 6.07 Å². The van der Waals surface area contributed by atoms with Crippen LogP contribution >= 0.6 is 0 Å². The van der Waals surface area contributed by atoms with E-state index in [4.69, 9.17) is 5.26 Å². The fourth-order valence-electron chi connectivity index (χ4n) is 3.06. The Kier molecular flexibility index (Phi) is 4.52. The molecule has 0 radical (unpaired) electrons. The van der Waals surface area contributed by atoms with Crippen LogP contribution in [0, 0.1) is 11.3 Å². The number of hydrogen-bond acceptors (Lipinski definition) is 3. The molecule has 0 aliphatic heterocycles. The van der Waals surface area contributed by atoms with E-state index in [1.807, 2.05) is 24.3 Å². The highest BCUT2D eigenvalue weighted by atomic mass is 16.3. The molecule has 26 heavy (non-hydrogen) atoms. The van der Waals surface area contributed by atoms with Crippen LogP contribution in [0.1, 0.15) is 32.8 Å². The third-order valence-electron chi connectivity index (χ3n) is 4.49. The molecule has 0 bridgehead atoms. The van der Waals surface area contributed by atoms with Gasteiger partial charge in [0.15, 0.2) is 5.56 Å². The first kappa shape index (κ1) is 17.7. The second-order valence-corrected chi connectivity index (χ2v) is 7.32. The molecule has 2 aromatic heterocycles. The Morgan fingerprint density at radius 1 is 1.19 bits per heavy atom. The van der Waals surface area contributed by atoms with E-state index < -0.39 is 0 Å². The summed E-state index contributed by atoms with van der Waals surface area (Å²) in [7, 11) is 0. The largest absolute Gasteiger partial charge is 0.477 e. The van der Waals surface area contributed by atoms with Crippen molar-refractivity contribution in [1.82, 2.24) is 4.40 Å². The summed E-state index contributed by atoms with van der Waals surface area (Å²) in [6.07, 6.45) is 1.92. The number of benzene rings is 1. The Balaban J connectivity index is 2.34. The standard InChI is InChI=1S/C21H21N3O2/c1-21(2,3)16-9-6-8-15(14-16)18-19(25)23-12-5-4-10-17(23)24(20(18)26)13-7-11-22/h4-6,8-10,12,14H,7,13H2,1-3H3/p+1. The molecule has 3 aromatic rings. The molecule has 0 spiro atoms. The maximum Gasteiger partial charge on any atom is 0.354 e. The first-order chi connectivity index (χ1) is 12.3.